The fourth-order valence-corrected chi connectivity index (χ4v) is 3.38. The molecule has 1 saturated heterocycles. The Hall–Kier alpha value is -2.81. The van der Waals surface area contributed by atoms with Crippen LogP contribution in [0.2, 0.25) is 0 Å². The Bertz CT molecular complexity index is 958. The fraction of sp³-hybridized carbons (Fsp3) is 0.267. The molecule has 0 spiro atoms. The second kappa shape index (κ2) is 5.38. The molecule has 0 saturated carbocycles. The molecule has 4 rings (SSSR count). The smallest absolute Gasteiger partial charge is 0.537 e. The molecule has 1 fully saturated rings. The summed E-state index contributed by atoms with van der Waals surface area (Å²) in [6, 6.07) is 2.59. The van der Waals surface area contributed by atoms with Gasteiger partial charge >= 0.3 is 13.4 Å². The average Bonchev–Trinajstić information content (AvgIpc) is 2.85. The number of benzene rings is 1. The summed E-state index contributed by atoms with van der Waals surface area (Å²) in [5.41, 5.74) is 1.59. The minimum atomic E-state index is -0.721. The molecule has 0 bridgehead atoms. The van der Waals surface area contributed by atoms with Crippen LogP contribution >= 0.6 is 0 Å². The maximum atomic E-state index is 12.8. The third kappa shape index (κ3) is 2.01. The molecule has 1 aromatic heterocycles. The van der Waals surface area contributed by atoms with E-state index in [-0.39, 0.29) is 24.4 Å². The number of nitrogens with one attached hydrogen (secondary N) is 1. The molecule has 2 aliphatic rings. The van der Waals surface area contributed by atoms with Gasteiger partial charge in [-0.25, -0.2) is 4.79 Å². The fourth-order valence-electron chi connectivity index (χ4n) is 3.38. The number of nitrogens with zero attached hydrogens (tertiary/aromatic N) is 2. The quantitative estimate of drug-likeness (QED) is 0.596. The van der Waals surface area contributed by atoms with Crippen molar-refractivity contribution in [2.24, 2.45) is 0 Å². The summed E-state index contributed by atoms with van der Waals surface area (Å²) < 4.78 is 8.07. The van der Waals surface area contributed by atoms with Crippen molar-refractivity contribution in [1.82, 2.24) is 14.5 Å². The van der Waals surface area contributed by atoms with E-state index in [1.807, 2.05) is 12.2 Å². The van der Waals surface area contributed by atoms with Gasteiger partial charge in [0.15, 0.2) is 0 Å². The number of rotatable bonds is 3. The Balaban J connectivity index is 1.95. The number of aromatic nitrogens is 2. The summed E-state index contributed by atoms with van der Waals surface area (Å²) in [5.74, 6) is -0.380. The van der Waals surface area contributed by atoms with Gasteiger partial charge in [-0.2, -0.15) is 0 Å². The number of hydrogen-bond donors (Lipinski definition) is 2. The number of allylic oxidation sites excluding steroid dienone is 1. The molecule has 1 unspecified atom stereocenters. The Labute approximate surface area is 136 Å². The molecule has 3 heterocycles. The molecule has 24 heavy (non-hydrogen) atoms. The largest absolute Gasteiger partial charge is 0.569 e. The third-order valence-corrected chi connectivity index (χ3v) is 4.40. The summed E-state index contributed by atoms with van der Waals surface area (Å²) in [5, 5.41) is 11.2. The zero-order valence-corrected chi connectivity index (χ0v) is 12.6. The molecule has 121 valence electrons. The van der Waals surface area contributed by atoms with Crippen LogP contribution in [0.15, 0.2) is 23.0 Å². The number of carbonyl (C=O) groups excluding carboxylic acids is 2. The molecular weight excluding hydrogens is 313 g/mol. The average molecular weight is 326 g/mol. The first-order valence-electron chi connectivity index (χ1n) is 7.52. The van der Waals surface area contributed by atoms with Crippen LogP contribution in [-0.4, -0.2) is 33.7 Å². The maximum Gasteiger partial charge on any atom is 0.569 e. The summed E-state index contributed by atoms with van der Waals surface area (Å²) >= 11 is 0. The number of imide groups is 1. The van der Waals surface area contributed by atoms with E-state index in [1.165, 1.54) is 4.57 Å². The number of amides is 2. The first kappa shape index (κ1) is 14.8. The molecule has 1 radical (unpaired) electrons. The van der Waals surface area contributed by atoms with Crippen LogP contribution < -0.4 is 15.7 Å². The molecule has 0 aliphatic carbocycles. The Morgan fingerprint density at radius 2 is 2.12 bits per heavy atom. The lowest BCUT2D eigenvalue weighted by Crippen LogP contribution is -2.44. The number of hydrogen-bond acceptors (Lipinski definition) is 5. The monoisotopic (exact) mass is 326 g/mol. The molecule has 8 nitrogen and oxygen atoms in total. The lowest BCUT2D eigenvalue weighted by molar-refractivity contribution is -0.135. The van der Waals surface area contributed by atoms with Crippen LogP contribution in [0.25, 0.3) is 17.1 Å². The molecule has 1 aromatic carbocycles. The highest BCUT2D eigenvalue weighted by Crippen LogP contribution is 2.33. The molecule has 9 heteroatoms. The highest BCUT2D eigenvalue weighted by Gasteiger charge is 2.32. The van der Waals surface area contributed by atoms with Crippen LogP contribution in [-0.2, 0) is 16.1 Å². The second-order valence-electron chi connectivity index (χ2n) is 5.70. The van der Waals surface area contributed by atoms with Crippen molar-refractivity contribution in [1.29, 1.82) is 0 Å². The first-order valence-corrected chi connectivity index (χ1v) is 7.52. The van der Waals surface area contributed by atoms with Gasteiger partial charge in [0.2, 0.25) is 11.8 Å². The second-order valence-corrected chi connectivity index (χ2v) is 5.70. The SMILES string of the molecule is O=C1CCC(n2c(=O)n3c4c(c(O[B]O)ccc42)C=CC3)C(=O)N1. The Morgan fingerprint density at radius 1 is 1.29 bits per heavy atom. The lowest BCUT2D eigenvalue weighted by atomic mass is 10.0. The van der Waals surface area contributed by atoms with E-state index >= 15 is 0 Å². The highest BCUT2D eigenvalue weighted by molar-refractivity contribution is 6.17. The van der Waals surface area contributed by atoms with Gasteiger partial charge in [-0.3, -0.25) is 24.0 Å². The van der Waals surface area contributed by atoms with Crippen LogP contribution in [0, 0.1) is 0 Å². The van der Waals surface area contributed by atoms with E-state index in [2.05, 4.69) is 5.32 Å². The molecule has 2 aliphatic heterocycles. The van der Waals surface area contributed by atoms with Crippen molar-refractivity contribution in [3.63, 3.8) is 0 Å². The predicted octanol–water partition coefficient (Wildman–Crippen LogP) is -0.287. The van der Waals surface area contributed by atoms with E-state index in [1.54, 1.807) is 16.7 Å². The third-order valence-electron chi connectivity index (χ3n) is 4.40. The van der Waals surface area contributed by atoms with E-state index in [0.29, 0.717) is 36.6 Å². The van der Waals surface area contributed by atoms with Crippen molar-refractivity contribution in [2.45, 2.75) is 25.4 Å². The van der Waals surface area contributed by atoms with Gasteiger partial charge < -0.3 is 9.68 Å². The van der Waals surface area contributed by atoms with Crippen molar-refractivity contribution >= 4 is 36.6 Å². The van der Waals surface area contributed by atoms with Crippen molar-refractivity contribution < 1.29 is 19.3 Å². The van der Waals surface area contributed by atoms with E-state index in [0.717, 1.165) is 0 Å². The van der Waals surface area contributed by atoms with E-state index in [9.17, 15) is 14.4 Å². The lowest BCUT2D eigenvalue weighted by Gasteiger charge is -2.22. The Kier molecular flexibility index (Phi) is 3.31. The maximum absolute atomic E-state index is 12.8. The normalized spacial score (nSPS) is 19.5. The van der Waals surface area contributed by atoms with Gasteiger partial charge in [0, 0.05) is 18.5 Å². The molecular formula is C15H13BN3O5. The van der Waals surface area contributed by atoms with Crippen molar-refractivity contribution in [2.75, 3.05) is 0 Å². The van der Waals surface area contributed by atoms with Crippen LogP contribution in [0.4, 0.5) is 0 Å². The Morgan fingerprint density at radius 3 is 2.88 bits per heavy atom. The summed E-state index contributed by atoms with van der Waals surface area (Å²) in [6.07, 6.45) is 4.11. The molecule has 2 N–H and O–H groups in total. The van der Waals surface area contributed by atoms with Gasteiger partial charge in [0.05, 0.1) is 11.0 Å². The summed E-state index contributed by atoms with van der Waals surface area (Å²) in [4.78, 5) is 36.4. The number of carbonyl (C=O) groups is 2. The van der Waals surface area contributed by atoms with E-state index in [4.69, 9.17) is 9.68 Å². The minimum absolute atomic E-state index is 0.196. The number of piperidine rings is 1. The van der Waals surface area contributed by atoms with Crippen LogP contribution in [0.1, 0.15) is 24.4 Å². The standard InChI is InChI=1S/C15H13BN3O5/c20-12-6-4-10(14(21)17-12)19-9-3-5-11(24-16-23)8-2-1-7-18(13(8)9)15(19)22/h1-3,5,10,23H,4,6-7H2,(H,17,20,21). The summed E-state index contributed by atoms with van der Waals surface area (Å²) in [7, 11) is 0.583. The van der Waals surface area contributed by atoms with Crippen molar-refractivity contribution in [3.8, 4) is 5.75 Å². The molecule has 2 amide bonds. The minimum Gasteiger partial charge on any atom is -0.537 e. The first-order chi connectivity index (χ1) is 11.6. The van der Waals surface area contributed by atoms with Gasteiger partial charge in [-0.1, -0.05) is 12.2 Å². The molecule has 2 aromatic rings. The van der Waals surface area contributed by atoms with E-state index < -0.39 is 11.9 Å². The van der Waals surface area contributed by atoms with Crippen LogP contribution in [0.5, 0.6) is 5.75 Å². The zero-order valence-electron chi connectivity index (χ0n) is 12.6. The van der Waals surface area contributed by atoms with Crippen LogP contribution in [0.3, 0.4) is 0 Å². The summed E-state index contributed by atoms with van der Waals surface area (Å²) in [6.45, 7) is 0.384. The van der Waals surface area contributed by atoms with Gasteiger partial charge in [-0.05, 0) is 18.6 Å². The van der Waals surface area contributed by atoms with Gasteiger partial charge in [0.25, 0.3) is 0 Å². The molecule has 1 atom stereocenters. The van der Waals surface area contributed by atoms with Gasteiger partial charge in [-0.15, -0.1) is 0 Å². The zero-order chi connectivity index (χ0) is 16.8. The topological polar surface area (TPSA) is 103 Å². The predicted molar refractivity (Wildman–Crippen MR) is 85.3 cm³/mol. The van der Waals surface area contributed by atoms with Crippen molar-refractivity contribution in [3.05, 3.63) is 34.3 Å². The van der Waals surface area contributed by atoms with Gasteiger partial charge in [0.1, 0.15) is 11.8 Å². The highest BCUT2D eigenvalue weighted by atomic mass is 16.5. The number of imidazole rings is 1.